The van der Waals surface area contributed by atoms with Crippen LogP contribution in [-0.4, -0.2) is 5.78 Å². The summed E-state index contributed by atoms with van der Waals surface area (Å²) in [6.45, 7) is 3.78. The highest BCUT2D eigenvalue weighted by Crippen LogP contribution is 2.15. The van der Waals surface area contributed by atoms with Gasteiger partial charge in [0, 0.05) is 6.42 Å². The van der Waals surface area contributed by atoms with Gasteiger partial charge in [-0.1, -0.05) is 6.92 Å². The van der Waals surface area contributed by atoms with Gasteiger partial charge in [-0.15, -0.1) is 0 Å². The highest BCUT2D eigenvalue weighted by molar-refractivity contribution is 6.05. The fourth-order valence-corrected chi connectivity index (χ4v) is 1.37. The Morgan fingerprint density at radius 3 is 2.33 bits per heavy atom. The normalized spacial score (nSPS) is 10.5. The Morgan fingerprint density at radius 2 is 1.80 bits per heavy atom. The molecular formula is C12H12O3. The Balaban J connectivity index is 2.28. The zero-order chi connectivity index (χ0) is 10.8. The van der Waals surface area contributed by atoms with Crippen molar-refractivity contribution in [3.63, 3.8) is 0 Å². The Morgan fingerprint density at radius 1 is 1.13 bits per heavy atom. The second kappa shape index (κ2) is 3.77. The molecule has 78 valence electrons. The summed E-state index contributed by atoms with van der Waals surface area (Å²) < 4.78 is 10.6. The second-order valence-electron chi connectivity index (χ2n) is 3.36. The van der Waals surface area contributed by atoms with Crippen molar-refractivity contribution >= 4 is 5.78 Å². The van der Waals surface area contributed by atoms with E-state index in [1.165, 1.54) is 0 Å². The fourth-order valence-electron chi connectivity index (χ4n) is 1.37. The van der Waals surface area contributed by atoms with Crippen LogP contribution in [0.3, 0.4) is 0 Å². The predicted octanol–water partition coefficient (Wildman–Crippen LogP) is 2.97. The van der Waals surface area contributed by atoms with Gasteiger partial charge in [0.05, 0.1) is 0 Å². The molecule has 2 aromatic heterocycles. The average molecular weight is 204 g/mol. The minimum atomic E-state index is -0.206. The summed E-state index contributed by atoms with van der Waals surface area (Å²) in [5.74, 6) is 1.98. The van der Waals surface area contributed by atoms with E-state index in [2.05, 4.69) is 0 Å². The topological polar surface area (TPSA) is 43.4 Å². The maximum Gasteiger partial charge on any atom is 0.263 e. The number of rotatable bonds is 3. The van der Waals surface area contributed by atoms with Gasteiger partial charge in [0.2, 0.25) is 0 Å². The molecule has 0 saturated heterocycles. The Hall–Kier alpha value is -1.77. The Labute approximate surface area is 87.7 Å². The summed E-state index contributed by atoms with van der Waals surface area (Å²) in [6, 6.07) is 6.91. The Kier molecular flexibility index (Phi) is 2.46. The van der Waals surface area contributed by atoms with Crippen LogP contribution in [0, 0.1) is 6.92 Å². The third kappa shape index (κ3) is 1.86. The third-order valence-electron chi connectivity index (χ3n) is 2.20. The molecule has 0 amide bonds. The first-order valence-corrected chi connectivity index (χ1v) is 4.90. The molecule has 0 unspecified atom stereocenters. The quantitative estimate of drug-likeness (QED) is 0.722. The van der Waals surface area contributed by atoms with Gasteiger partial charge in [0.25, 0.3) is 5.78 Å². The second-order valence-corrected chi connectivity index (χ2v) is 3.36. The molecule has 0 fully saturated rings. The molecule has 0 spiro atoms. The number of carbonyl (C=O) groups is 1. The fraction of sp³-hybridized carbons (Fsp3) is 0.250. The standard InChI is InChI=1S/C12H12O3/c1-3-9-5-7-11(15-9)12(13)10-6-4-8(2)14-10/h4-7H,3H2,1-2H3. The molecule has 0 saturated carbocycles. The SMILES string of the molecule is CCc1ccc(C(=O)c2ccc(C)o2)o1. The molecule has 3 nitrogen and oxygen atoms in total. The van der Waals surface area contributed by atoms with Crippen molar-refractivity contribution in [1.82, 2.24) is 0 Å². The molecule has 0 radical (unpaired) electrons. The van der Waals surface area contributed by atoms with Crippen LogP contribution in [0.25, 0.3) is 0 Å². The van der Waals surface area contributed by atoms with Crippen LogP contribution in [-0.2, 0) is 6.42 Å². The summed E-state index contributed by atoms with van der Waals surface area (Å²) in [5.41, 5.74) is 0. The van der Waals surface area contributed by atoms with Crippen LogP contribution in [0.5, 0.6) is 0 Å². The van der Waals surface area contributed by atoms with Crippen molar-refractivity contribution in [1.29, 1.82) is 0 Å². The van der Waals surface area contributed by atoms with Crippen LogP contribution in [0.1, 0.15) is 34.8 Å². The molecule has 0 bridgehead atoms. The molecule has 15 heavy (non-hydrogen) atoms. The number of hydrogen-bond donors (Lipinski definition) is 0. The van der Waals surface area contributed by atoms with E-state index in [-0.39, 0.29) is 5.78 Å². The van der Waals surface area contributed by atoms with E-state index in [1.54, 1.807) is 25.1 Å². The molecule has 0 aromatic carbocycles. The summed E-state index contributed by atoms with van der Waals surface area (Å²) in [5, 5.41) is 0. The van der Waals surface area contributed by atoms with Crippen molar-refractivity contribution < 1.29 is 13.6 Å². The monoisotopic (exact) mass is 204 g/mol. The van der Waals surface area contributed by atoms with Gasteiger partial charge in [0.1, 0.15) is 11.5 Å². The lowest BCUT2D eigenvalue weighted by Crippen LogP contribution is -1.96. The van der Waals surface area contributed by atoms with Gasteiger partial charge in [-0.25, -0.2) is 0 Å². The predicted molar refractivity (Wildman–Crippen MR) is 55.0 cm³/mol. The van der Waals surface area contributed by atoms with Crippen molar-refractivity contribution in [2.75, 3.05) is 0 Å². The summed E-state index contributed by atoms with van der Waals surface area (Å²) in [7, 11) is 0. The lowest BCUT2D eigenvalue weighted by molar-refractivity contribution is 0.0980. The molecule has 0 aliphatic carbocycles. The van der Waals surface area contributed by atoms with Gasteiger partial charge in [-0.05, 0) is 31.2 Å². The van der Waals surface area contributed by atoms with E-state index in [0.29, 0.717) is 11.5 Å². The van der Waals surface area contributed by atoms with E-state index in [4.69, 9.17) is 8.83 Å². The maximum atomic E-state index is 11.8. The smallest absolute Gasteiger partial charge is 0.263 e. The van der Waals surface area contributed by atoms with E-state index in [1.807, 2.05) is 13.0 Å². The zero-order valence-electron chi connectivity index (χ0n) is 8.74. The highest BCUT2D eigenvalue weighted by Gasteiger charge is 2.16. The number of aryl methyl sites for hydroxylation is 2. The van der Waals surface area contributed by atoms with Crippen molar-refractivity contribution in [3.05, 3.63) is 47.3 Å². The summed E-state index contributed by atoms with van der Waals surface area (Å²) >= 11 is 0. The minimum Gasteiger partial charge on any atom is -0.458 e. The first kappa shape index (κ1) is 9.77. The van der Waals surface area contributed by atoms with Crippen LogP contribution in [0.2, 0.25) is 0 Å². The van der Waals surface area contributed by atoms with E-state index in [9.17, 15) is 4.79 Å². The molecule has 0 aliphatic heterocycles. The van der Waals surface area contributed by atoms with Gasteiger partial charge in [0.15, 0.2) is 11.5 Å². The van der Waals surface area contributed by atoms with Crippen LogP contribution in [0.15, 0.2) is 33.1 Å². The molecule has 0 N–H and O–H groups in total. The molecule has 2 aromatic rings. The maximum absolute atomic E-state index is 11.8. The first-order valence-electron chi connectivity index (χ1n) is 4.90. The van der Waals surface area contributed by atoms with Crippen LogP contribution < -0.4 is 0 Å². The molecule has 3 heteroatoms. The number of carbonyl (C=O) groups excluding carboxylic acids is 1. The van der Waals surface area contributed by atoms with Crippen molar-refractivity contribution in [2.24, 2.45) is 0 Å². The molecular weight excluding hydrogens is 192 g/mol. The lowest BCUT2D eigenvalue weighted by atomic mass is 10.2. The molecule has 2 rings (SSSR count). The van der Waals surface area contributed by atoms with Crippen LogP contribution in [0.4, 0.5) is 0 Å². The number of hydrogen-bond acceptors (Lipinski definition) is 3. The summed E-state index contributed by atoms with van der Waals surface area (Å²) in [6.07, 6.45) is 0.782. The molecule has 0 aliphatic rings. The van der Waals surface area contributed by atoms with E-state index >= 15 is 0 Å². The number of ketones is 1. The Bertz CT molecular complexity index is 477. The lowest BCUT2D eigenvalue weighted by Gasteiger charge is -1.92. The molecule has 2 heterocycles. The van der Waals surface area contributed by atoms with Crippen molar-refractivity contribution in [3.8, 4) is 0 Å². The van der Waals surface area contributed by atoms with Crippen molar-refractivity contribution in [2.45, 2.75) is 20.3 Å². The van der Waals surface area contributed by atoms with Gasteiger partial charge >= 0.3 is 0 Å². The average Bonchev–Trinajstić information content (AvgIpc) is 2.84. The van der Waals surface area contributed by atoms with Crippen LogP contribution >= 0.6 is 0 Å². The van der Waals surface area contributed by atoms with Gasteiger partial charge < -0.3 is 8.83 Å². The highest BCUT2D eigenvalue weighted by atomic mass is 16.4. The van der Waals surface area contributed by atoms with Gasteiger partial charge in [-0.2, -0.15) is 0 Å². The zero-order valence-corrected chi connectivity index (χ0v) is 8.74. The van der Waals surface area contributed by atoms with E-state index < -0.39 is 0 Å². The minimum absolute atomic E-state index is 0.206. The van der Waals surface area contributed by atoms with Gasteiger partial charge in [-0.3, -0.25) is 4.79 Å². The third-order valence-corrected chi connectivity index (χ3v) is 2.20. The number of furan rings is 2. The first-order chi connectivity index (χ1) is 7.20. The molecule has 0 atom stereocenters. The largest absolute Gasteiger partial charge is 0.458 e. The van der Waals surface area contributed by atoms with E-state index in [0.717, 1.165) is 17.9 Å². The summed E-state index contributed by atoms with van der Waals surface area (Å²) in [4.78, 5) is 11.8.